The SMILES string of the molecule is CNC(=O)[C@@H](C)N(Cc1ccc(F)cc1)C(=O)CN(c1cccc(Cl)c1C)S(=O)(=O)c1ccc(C)cc1. The number of hydrogen-bond acceptors (Lipinski definition) is 4. The van der Waals surface area contributed by atoms with Crippen molar-refractivity contribution in [2.75, 3.05) is 17.9 Å². The van der Waals surface area contributed by atoms with Gasteiger partial charge in [-0.25, -0.2) is 12.8 Å². The van der Waals surface area contributed by atoms with Gasteiger partial charge in [0.15, 0.2) is 0 Å². The maximum atomic E-state index is 13.8. The van der Waals surface area contributed by atoms with Crippen LogP contribution in [0.3, 0.4) is 0 Å². The maximum Gasteiger partial charge on any atom is 0.264 e. The van der Waals surface area contributed by atoms with Crippen molar-refractivity contribution in [1.29, 1.82) is 0 Å². The number of nitrogens with zero attached hydrogens (tertiary/aromatic N) is 2. The summed E-state index contributed by atoms with van der Waals surface area (Å²) in [5.41, 5.74) is 2.19. The molecular weight excluding hydrogens is 517 g/mol. The fourth-order valence-corrected chi connectivity index (χ4v) is 5.44. The number of aryl methyl sites for hydroxylation is 1. The number of sulfonamides is 1. The second-order valence-electron chi connectivity index (χ2n) is 8.65. The highest BCUT2D eigenvalue weighted by molar-refractivity contribution is 7.92. The molecule has 3 aromatic carbocycles. The summed E-state index contributed by atoms with van der Waals surface area (Å²) in [7, 11) is -2.74. The van der Waals surface area contributed by atoms with Crippen molar-refractivity contribution in [3.63, 3.8) is 0 Å². The van der Waals surface area contributed by atoms with Crippen molar-refractivity contribution in [2.24, 2.45) is 0 Å². The zero-order valence-electron chi connectivity index (χ0n) is 21.0. The van der Waals surface area contributed by atoms with E-state index in [1.54, 1.807) is 44.2 Å². The minimum atomic E-state index is -4.19. The number of amides is 2. The molecule has 0 spiro atoms. The molecule has 0 heterocycles. The van der Waals surface area contributed by atoms with Gasteiger partial charge in [-0.05, 0) is 68.3 Å². The molecule has 0 aliphatic carbocycles. The van der Waals surface area contributed by atoms with Crippen LogP contribution in [0.1, 0.15) is 23.6 Å². The van der Waals surface area contributed by atoms with Crippen LogP contribution < -0.4 is 9.62 Å². The molecule has 0 aliphatic rings. The summed E-state index contributed by atoms with van der Waals surface area (Å²) < 4.78 is 42.1. The third-order valence-electron chi connectivity index (χ3n) is 6.08. The van der Waals surface area contributed by atoms with Crippen molar-refractivity contribution in [2.45, 2.75) is 38.3 Å². The molecule has 10 heteroatoms. The van der Waals surface area contributed by atoms with Gasteiger partial charge in [0.1, 0.15) is 18.4 Å². The van der Waals surface area contributed by atoms with Gasteiger partial charge in [-0.2, -0.15) is 0 Å². The highest BCUT2D eigenvalue weighted by Gasteiger charge is 2.33. The van der Waals surface area contributed by atoms with Gasteiger partial charge in [-0.1, -0.05) is 47.5 Å². The molecule has 0 bridgehead atoms. The number of benzene rings is 3. The fraction of sp³-hybridized carbons (Fsp3) is 0.259. The summed E-state index contributed by atoms with van der Waals surface area (Å²) in [5.74, 6) is -1.48. The first-order valence-electron chi connectivity index (χ1n) is 11.6. The van der Waals surface area contributed by atoms with E-state index in [0.717, 1.165) is 9.87 Å². The molecule has 37 heavy (non-hydrogen) atoms. The smallest absolute Gasteiger partial charge is 0.264 e. The first-order chi connectivity index (χ1) is 17.4. The second kappa shape index (κ2) is 11.7. The van der Waals surface area contributed by atoms with E-state index in [4.69, 9.17) is 11.6 Å². The quantitative estimate of drug-likeness (QED) is 0.430. The predicted molar refractivity (Wildman–Crippen MR) is 142 cm³/mol. The fourth-order valence-electron chi connectivity index (χ4n) is 3.80. The molecule has 0 radical (unpaired) electrons. The van der Waals surface area contributed by atoms with Gasteiger partial charge in [-0.3, -0.25) is 13.9 Å². The number of likely N-dealkylation sites (N-methyl/N-ethyl adjacent to an activating group) is 1. The van der Waals surface area contributed by atoms with Crippen LogP contribution >= 0.6 is 11.6 Å². The van der Waals surface area contributed by atoms with Gasteiger partial charge in [0, 0.05) is 18.6 Å². The molecule has 0 saturated carbocycles. The van der Waals surface area contributed by atoms with E-state index in [0.29, 0.717) is 16.1 Å². The molecule has 1 N–H and O–H groups in total. The third-order valence-corrected chi connectivity index (χ3v) is 8.26. The van der Waals surface area contributed by atoms with E-state index in [1.165, 1.54) is 48.3 Å². The molecule has 2 amide bonds. The number of carbonyl (C=O) groups is 2. The molecule has 196 valence electrons. The summed E-state index contributed by atoms with van der Waals surface area (Å²) in [6.07, 6.45) is 0. The Morgan fingerprint density at radius 3 is 2.22 bits per heavy atom. The highest BCUT2D eigenvalue weighted by atomic mass is 35.5. The largest absolute Gasteiger partial charge is 0.357 e. The predicted octanol–water partition coefficient (Wildman–Crippen LogP) is 4.45. The molecule has 3 rings (SSSR count). The lowest BCUT2D eigenvalue weighted by Crippen LogP contribution is -2.50. The first-order valence-corrected chi connectivity index (χ1v) is 13.4. The van der Waals surface area contributed by atoms with E-state index in [9.17, 15) is 22.4 Å². The average Bonchev–Trinajstić information content (AvgIpc) is 2.88. The van der Waals surface area contributed by atoms with Crippen LogP contribution in [0.2, 0.25) is 5.02 Å². The van der Waals surface area contributed by atoms with Gasteiger partial charge < -0.3 is 10.2 Å². The number of hydrogen-bond donors (Lipinski definition) is 1. The minimum Gasteiger partial charge on any atom is -0.357 e. The van der Waals surface area contributed by atoms with E-state index >= 15 is 0 Å². The lowest BCUT2D eigenvalue weighted by molar-refractivity contribution is -0.139. The molecular formula is C27H29ClFN3O4S. The number of halogens is 2. The zero-order valence-corrected chi connectivity index (χ0v) is 22.6. The number of rotatable bonds is 9. The van der Waals surface area contributed by atoms with Crippen LogP contribution in [0, 0.1) is 19.7 Å². The van der Waals surface area contributed by atoms with Crippen LogP contribution in [0.4, 0.5) is 10.1 Å². The Morgan fingerprint density at radius 1 is 1.00 bits per heavy atom. The Balaban J connectivity index is 2.07. The van der Waals surface area contributed by atoms with Crippen LogP contribution in [0.5, 0.6) is 0 Å². The molecule has 0 saturated heterocycles. The van der Waals surface area contributed by atoms with E-state index in [-0.39, 0.29) is 17.1 Å². The van der Waals surface area contributed by atoms with Crippen molar-refractivity contribution in [1.82, 2.24) is 10.2 Å². The monoisotopic (exact) mass is 545 g/mol. The van der Waals surface area contributed by atoms with Crippen LogP contribution in [0.25, 0.3) is 0 Å². The molecule has 7 nitrogen and oxygen atoms in total. The summed E-state index contributed by atoms with van der Waals surface area (Å²) in [6.45, 7) is 4.44. The molecule has 0 aromatic heterocycles. The molecule has 1 atom stereocenters. The Morgan fingerprint density at radius 2 is 1.62 bits per heavy atom. The van der Waals surface area contributed by atoms with Crippen molar-refractivity contribution >= 4 is 39.1 Å². The van der Waals surface area contributed by atoms with Gasteiger partial charge >= 0.3 is 0 Å². The van der Waals surface area contributed by atoms with Gasteiger partial charge in [-0.15, -0.1) is 0 Å². The lowest BCUT2D eigenvalue weighted by Gasteiger charge is -2.32. The molecule has 0 fully saturated rings. The Labute approximate surface area is 221 Å². The van der Waals surface area contributed by atoms with Crippen LogP contribution in [-0.2, 0) is 26.2 Å². The van der Waals surface area contributed by atoms with Crippen LogP contribution in [0.15, 0.2) is 71.6 Å². The Hall–Kier alpha value is -3.43. The number of nitrogens with one attached hydrogen (secondary N) is 1. The van der Waals surface area contributed by atoms with E-state index < -0.39 is 40.2 Å². The van der Waals surface area contributed by atoms with E-state index in [2.05, 4.69) is 5.32 Å². The standard InChI is InChI=1S/C27H29ClFN3O4S/c1-18-8-14-23(15-9-18)37(35,36)32(25-7-5-6-24(28)19(25)2)17-26(33)31(20(3)27(34)30-4)16-21-10-12-22(29)13-11-21/h5-15,20H,16-17H2,1-4H3,(H,30,34)/t20-/m1/s1. The summed E-state index contributed by atoms with van der Waals surface area (Å²) in [4.78, 5) is 27.5. The summed E-state index contributed by atoms with van der Waals surface area (Å²) >= 11 is 6.30. The Bertz CT molecular complexity index is 1380. The van der Waals surface area contributed by atoms with Crippen molar-refractivity contribution in [3.05, 3.63) is 94.3 Å². The summed E-state index contributed by atoms with van der Waals surface area (Å²) in [5, 5.41) is 2.86. The zero-order chi connectivity index (χ0) is 27.3. The van der Waals surface area contributed by atoms with Gasteiger partial charge in [0.25, 0.3) is 10.0 Å². The van der Waals surface area contributed by atoms with Gasteiger partial charge in [0.05, 0.1) is 10.6 Å². The second-order valence-corrected chi connectivity index (χ2v) is 10.9. The Kier molecular flexibility index (Phi) is 8.94. The lowest BCUT2D eigenvalue weighted by atomic mass is 10.1. The topological polar surface area (TPSA) is 86.8 Å². The number of anilines is 1. The number of carbonyl (C=O) groups excluding carboxylic acids is 2. The minimum absolute atomic E-state index is 0.00899. The summed E-state index contributed by atoms with van der Waals surface area (Å²) in [6, 6.07) is 15.7. The highest BCUT2D eigenvalue weighted by Crippen LogP contribution is 2.31. The average molecular weight is 546 g/mol. The third kappa shape index (κ3) is 6.47. The van der Waals surface area contributed by atoms with Crippen molar-refractivity contribution in [3.8, 4) is 0 Å². The van der Waals surface area contributed by atoms with E-state index in [1.807, 2.05) is 6.92 Å². The molecule has 3 aromatic rings. The maximum absolute atomic E-state index is 13.8. The van der Waals surface area contributed by atoms with Crippen LogP contribution in [-0.4, -0.2) is 44.8 Å². The van der Waals surface area contributed by atoms with Gasteiger partial charge in [0.2, 0.25) is 11.8 Å². The molecule has 0 aliphatic heterocycles. The first kappa shape index (κ1) is 28.1. The van der Waals surface area contributed by atoms with Crippen molar-refractivity contribution < 1.29 is 22.4 Å². The molecule has 0 unspecified atom stereocenters. The normalized spacial score (nSPS) is 12.1.